The summed E-state index contributed by atoms with van der Waals surface area (Å²) in [5.74, 6) is 0.235. The molecule has 0 bridgehead atoms. The first-order chi connectivity index (χ1) is 6.49. The maximum Gasteiger partial charge on any atom is 0.168 e. The molecule has 1 aromatic carbocycles. The van der Waals surface area contributed by atoms with E-state index >= 15 is 0 Å². The third kappa shape index (κ3) is 5.55. The molecule has 3 heteroatoms. The Labute approximate surface area is 97.9 Å². The molecule has 0 heterocycles. The summed E-state index contributed by atoms with van der Waals surface area (Å²) in [7, 11) is 6.29. The van der Waals surface area contributed by atoms with E-state index in [2.05, 4.69) is 21.1 Å². The third-order valence-corrected chi connectivity index (χ3v) is 2.11. The fourth-order valence-electron chi connectivity index (χ4n) is 1.21. The molecule has 0 amide bonds. The van der Waals surface area contributed by atoms with Crippen molar-refractivity contribution < 1.29 is 21.7 Å². The lowest BCUT2D eigenvalue weighted by atomic mass is 10.1. The molecule has 0 saturated carbocycles. The van der Waals surface area contributed by atoms with Crippen LogP contribution in [-0.2, 0) is 0 Å². The molecule has 0 N–H and O–H groups in total. The van der Waals surface area contributed by atoms with Gasteiger partial charge in [-0.1, -0.05) is 30.3 Å². The number of rotatable bonds is 4. The Morgan fingerprint density at radius 3 is 2.13 bits per heavy atom. The lowest BCUT2D eigenvalue weighted by Crippen LogP contribution is -3.00. The zero-order valence-electron chi connectivity index (χ0n) is 9.53. The zero-order chi connectivity index (χ0) is 10.6. The van der Waals surface area contributed by atoms with Crippen molar-refractivity contribution in [2.45, 2.75) is 6.42 Å². The highest BCUT2D eigenvalue weighted by molar-refractivity contribution is 5.96. The molecule has 0 radical (unpaired) electrons. The largest absolute Gasteiger partial charge is 1.00 e. The predicted octanol–water partition coefficient (Wildman–Crippen LogP) is -1.03. The summed E-state index contributed by atoms with van der Waals surface area (Å²) in [4.78, 5) is 11.7. The number of ketones is 1. The highest BCUT2D eigenvalue weighted by Crippen LogP contribution is 2.04. The Balaban J connectivity index is 0.00000196. The lowest BCUT2D eigenvalue weighted by Gasteiger charge is -2.23. The summed E-state index contributed by atoms with van der Waals surface area (Å²) in [6.07, 6.45) is 0.619. The average molecular weight is 228 g/mol. The molecule has 0 fully saturated rings. The Morgan fingerprint density at radius 2 is 1.67 bits per heavy atom. The molecule has 0 aliphatic carbocycles. The number of quaternary nitrogens is 1. The first-order valence-electron chi connectivity index (χ1n) is 4.88. The van der Waals surface area contributed by atoms with Gasteiger partial charge in [0.15, 0.2) is 5.78 Å². The standard InChI is InChI=1S/C12H18NO.ClH/c1-13(2,3)10-9-12(14)11-7-5-4-6-8-11;/h4-8H,9-10H2,1-3H3;1H/q+1;/p-1. The van der Waals surface area contributed by atoms with Crippen LogP contribution >= 0.6 is 0 Å². The van der Waals surface area contributed by atoms with Gasteiger partial charge in [0.1, 0.15) is 0 Å². The van der Waals surface area contributed by atoms with Gasteiger partial charge in [0.25, 0.3) is 0 Å². The Morgan fingerprint density at radius 1 is 1.13 bits per heavy atom. The summed E-state index contributed by atoms with van der Waals surface area (Å²) in [5, 5.41) is 0. The number of carbonyl (C=O) groups excluding carboxylic acids is 1. The van der Waals surface area contributed by atoms with E-state index in [1.54, 1.807) is 0 Å². The Hall–Kier alpha value is -0.860. The van der Waals surface area contributed by atoms with Crippen molar-refractivity contribution in [2.75, 3.05) is 27.7 Å². The highest BCUT2D eigenvalue weighted by atomic mass is 35.5. The second-order valence-electron chi connectivity index (χ2n) is 4.55. The van der Waals surface area contributed by atoms with Crippen molar-refractivity contribution in [2.24, 2.45) is 0 Å². The first-order valence-corrected chi connectivity index (χ1v) is 4.88. The van der Waals surface area contributed by atoms with Crippen LogP contribution in [0.2, 0.25) is 0 Å². The van der Waals surface area contributed by atoms with Crippen LogP contribution in [0, 0.1) is 0 Å². The number of carbonyl (C=O) groups is 1. The average Bonchev–Trinajstić information content (AvgIpc) is 2.14. The molecule has 0 aliphatic heterocycles. The monoisotopic (exact) mass is 227 g/mol. The summed E-state index contributed by atoms with van der Waals surface area (Å²) in [5.41, 5.74) is 0.820. The number of halogens is 1. The normalized spacial score (nSPS) is 10.6. The number of hydrogen-bond donors (Lipinski definition) is 0. The van der Waals surface area contributed by atoms with Gasteiger partial charge in [-0.15, -0.1) is 0 Å². The van der Waals surface area contributed by atoms with Gasteiger partial charge in [-0.05, 0) is 0 Å². The van der Waals surface area contributed by atoms with Crippen molar-refractivity contribution in [3.8, 4) is 0 Å². The van der Waals surface area contributed by atoms with E-state index in [0.717, 1.165) is 16.6 Å². The fraction of sp³-hybridized carbons (Fsp3) is 0.417. The summed E-state index contributed by atoms with van der Waals surface area (Å²) < 4.78 is 0.832. The molecule has 0 unspecified atom stereocenters. The van der Waals surface area contributed by atoms with E-state index in [0.29, 0.717) is 6.42 Å². The van der Waals surface area contributed by atoms with Crippen molar-refractivity contribution >= 4 is 5.78 Å². The van der Waals surface area contributed by atoms with Crippen LogP contribution in [0.5, 0.6) is 0 Å². The quantitative estimate of drug-likeness (QED) is 0.475. The van der Waals surface area contributed by atoms with Crippen molar-refractivity contribution in [3.05, 3.63) is 35.9 Å². The summed E-state index contributed by atoms with van der Waals surface area (Å²) in [6, 6.07) is 9.48. The van der Waals surface area contributed by atoms with Gasteiger partial charge >= 0.3 is 0 Å². The van der Waals surface area contributed by atoms with E-state index in [-0.39, 0.29) is 18.2 Å². The molecule has 0 aliphatic rings. The molecule has 0 atom stereocenters. The van der Waals surface area contributed by atoms with E-state index in [1.807, 2.05) is 30.3 Å². The van der Waals surface area contributed by atoms with Gasteiger partial charge in [-0.25, -0.2) is 0 Å². The van der Waals surface area contributed by atoms with Crippen molar-refractivity contribution in [3.63, 3.8) is 0 Å². The van der Waals surface area contributed by atoms with Crippen LogP contribution in [0.4, 0.5) is 0 Å². The first kappa shape index (κ1) is 14.1. The Kier molecular flexibility index (Phi) is 5.55. The molecule has 1 rings (SSSR count). The number of nitrogens with zero attached hydrogens (tertiary/aromatic N) is 1. The SMILES string of the molecule is C[N+](C)(C)CCC(=O)c1ccccc1.[Cl-]. The van der Waals surface area contributed by atoms with Crippen molar-refractivity contribution in [1.29, 1.82) is 0 Å². The highest BCUT2D eigenvalue weighted by Gasteiger charge is 2.11. The maximum absolute atomic E-state index is 11.7. The van der Waals surface area contributed by atoms with E-state index in [1.165, 1.54) is 0 Å². The topological polar surface area (TPSA) is 17.1 Å². The molecule has 15 heavy (non-hydrogen) atoms. The molecule has 0 aromatic heterocycles. The molecule has 2 nitrogen and oxygen atoms in total. The second kappa shape index (κ2) is 5.89. The maximum atomic E-state index is 11.7. The lowest BCUT2D eigenvalue weighted by molar-refractivity contribution is -0.869. The van der Waals surface area contributed by atoms with E-state index in [9.17, 15) is 4.79 Å². The van der Waals surface area contributed by atoms with Crippen LogP contribution < -0.4 is 12.4 Å². The van der Waals surface area contributed by atoms with Crippen LogP contribution in [0.25, 0.3) is 0 Å². The molecule has 0 saturated heterocycles. The van der Waals surface area contributed by atoms with Crippen LogP contribution in [0.3, 0.4) is 0 Å². The third-order valence-electron chi connectivity index (χ3n) is 2.11. The number of hydrogen-bond acceptors (Lipinski definition) is 1. The second-order valence-corrected chi connectivity index (χ2v) is 4.55. The summed E-state index contributed by atoms with van der Waals surface area (Å²) >= 11 is 0. The van der Waals surface area contributed by atoms with Gasteiger partial charge in [-0.2, -0.15) is 0 Å². The van der Waals surface area contributed by atoms with E-state index < -0.39 is 0 Å². The minimum atomic E-state index is 0. The van der Waals surface area contributed by atoms with Gasteiger partial charge < -0.3 is 16.9 Å². The number of benzene rings is 1. The van der Waals surface area contributed by atoms with Crippen LogP contribution in [0.1, 0.15) is 16.8 Å². The smallest absolute Gasteiger partial charge is 0.168 e. The van der Waals surface area contributed by atoms with Gasteiger partial charge in [0, 0.05) is 5.56 Å². The number of Topliss-reactive ketones (excluding diaryl/α,β-unsaturated/α-hetero) is 1. The predicted molar refractivity (Wildman–Crippen MR) is 58.3 cm³/mol. The van der Waals surface area contributed by atoms with Gasteiger partial charge in [-0.3, -0.25) is 4.79 Å². The van der Waals surface area contributed by atoms with Gasteiger partial charge in [0.2, 0.25) is 0 Å². The molecule has 0 spiro atoms. The Bertz CT molecular complexity index is 303. The van der Waals surface area contributed by atoms with Crippen LogP contribution in [-0.4, -0.2) is 38.0 Å². The van der Waals surface area contributed by atoms with E-state index in [4.69, 9.17) is 0 Å². The molecule has 1 aromatic rings. The molecular weight excluding hydrogens is 210 g/mol. The van der Waals surface area contributed by atoms with Crippen molar-refractivity contribution in [1.82, 2.24) is 0 Å². The zero-order valence-corrected chi connectivity index (χ0v) is 10.3. The van der Waals surface area contributed by atoms with Gasteiger partial charge in [0.05, 0.1) is 34.1 Å². The summed E-state index contributed by atoms with van der Waals surface area (Å²) in [6.45, 7) is 0.883. The minimum absolute atomic E-state index is 0. The van der Waals surface area contributed by atoms with Crippen LogP contribution in [0.15, 0.2) is 30.3 Å². The minimum Gasteiger partial charge on any atom is -1.00 e. The molecule has 84 valence electrons. The molecular formula is C12H18ClNO. The fourth-order valence-corrected chi connectivity index (χ4v) is 1.21.